The molecule has 170 valence electrons. The second kappa shape index (κ2) is 8.89. The Balaban J connectivity index is 1.73. The largest absolute Gasteiger partial charge is 0.416 e. The van der Waals surface area contributed by atoms with E-state index in [-0.39, 0.29) is 0 Å². The Morgan fingerprint density at radius 2 is 1.76 bits per heavy atom. The molecule has 0 aliphatic carbocycles. The minimum Gasteiger partial charge on any atom is -0.368 e. The van der Waals surface area contributed by atoms with Crippen LogP contribution < -0.4 is 11.1 Å². The van der Waals surface area contributed by atoms with Crippen LogP contribution in [0, 0.1) is 0 Å². The van der Waals surface area contributed by atoms with Crippen LogP contribution in [-0.2, 0) is 12.7 Å². The maximum atomic E-state index is 12.9. The predicted octanol–water partition coefficient (Wildman–Crippen LogP) is 4.48. The smallest absolute Gasteiger partial charge is 0.368 e. The molecule has 33 heavy (non-hydrogen) atoms. The Kier molecular flexibility index (Phi) is 5.99. The summed E-state index contributed by atoms with van der Waals surface area (Å²) in [5, 5.41) is 3.25. The molecular weight excluding hydrogens is 433 g/mol. The van der Waals surface area contributed by atoms with E-state index >= 15 is 0 Å². The number of nitrogens with two attached hydrogens (primary N) is 1. The van der Waals surface area contributed by atoms with Crippen molar-refractivity contribution in [3.05, 3.63) is 71.5 Å². The van der Waals surface area contributed by atoms with Crippen LogP contribution in [-0.4, -0.2) is 32.0 Å². The fraction of sp³-hybridized carbons (Fsp3) is 0.217. The molecule has 7 nitrogen and oxygen atoms in total. The van der Waals surface area contributed by atoms with Gasteiger partial charge in [0.2, 0.25) is 5.91 Å². The van der Waals surface area contributed by atoms with E-state index in [1.54, 1.807) is 35.2 Å². The number of nitrogens with zero attached hydrogens (tertiary/aromatic N) is 4. The second-order valence-electron chi connectivity index (χ2n) is 7.50. The monoisotopic (exact) mass is 454 g/mol. The lowest BCUT2D eigenvalue weighted by Gasteiger charge is -2.10. The van der Waals surface area contributed by atoms with Crippen LogP contribution >= 0.6 is 0 Å². The number of rotatable bonds is 7. The number of hydrogen-bond acceptors (Lipinski definition) is 5. The zero-order chi connectivity index (χ0) is 23.6. The third-order valence-corrected chi connectivity index (χ3v) is 5.07. The third kappa shape index (κ3) is 4.79. The summed E-state index contributed by atoms with van der Waals surface area (Å²) in [6.07, 6.45) is -1.92. The quantitative estimate of drug-likeness (QED) is 0.429. The first kappa shape index (κ1) is 22.3. The minimum atomic E-state index is -4.38. The highest BCUT2D eigenvalue weighted by molar-refractivity contribution is 5.93. The molecule has 0 spiro atoms. The maximum absolute atomic E-state index is 12.9. The summed E-state index contributed by atoms with van der Waals surface area (Å²) in [6, 6.07) is 11.6. The number of alkyl halides is 3. The van der Waals surface area contributed by atoms with E-state index in [9.17, 15) is 18.0 Å². The van der Waals surface area contributed by atoms with Crippen molar-refractivity contribution in [2.75, 3.05) is 11.9 Å². The average molecular weight is 454 g/mol. The molecule has 0 saturated heterocycles. The van der Waals surface area contributed by atoms with Crippen LogP contribution in [0.1, 0.15) is 34.8 Å². The Morgan fingerprint density at radius 1 is 1.06 bits per heavy atom. The van der Waals surface area contributed by atoms with E-state index in [0.717, 1.165) is 18.6 Å². The van der Waals surface area contributed by atoms with Gasteiger partial charge in [-0.05, 0) is 36.2 Å². The molecule has 2 heterocycles. The van der Waals surface area contributed by atoms with Crippen molar-refractivity contribution >= 4 is 22.9 Å². The topological polar surface area (TPSA) is 98.7 Å². The van der Waals surface area contributed by atoms with E-state index in [1.165, 1.54) is 12.1 Å². The van der Waals surface area contributed by atoms with Crippen LogP contribution in [0.15, 0.2) is 54.9 Å². The molecule has 4 aromatic rings. The van der Waals surface area contributed by atoms with Crippen molar-refractivity contribution in [1.29, 1.82) is 0 Å². The highest BCUT2D eigenvalue weighted by Crippen LogP contribution is 2.30. The molecule has 0 bridgehead atoms. The number of primary amides is 1. The summed E-state index contributed by atoms with van der Waals surface area (Å²) >= 11 is 0. The fourth-order valence-corrected chi connectivity index (χ4v) is 3.34. The van der Waals surface area contributed by atoms with Crippen LogP contribution in [0.4, 0.5) is 19.0 Å². The van der Waals surface area contributed by atoms with Gasteiger partial charge in [-0.3, -0.25) is 4.79 Å². The highest BCUT2D eigenvalue weighted by atomic mass is 19.4. The van der Waals surface area contributed by atoms with Crippen LogP contribution in [0.3, 0.4) is 0 Å². The van der Waals surface area contributed by atoms with Gasteiger partial charge in [-0.25, -0.2) is 15.0 Å². The maximum Gasteiger partial charge on any atom is 0.416 e. The van der Waals surface area contributed by atoms with Crippen molar-refractivity contribution in [3.63, 3.8) is 0 Å². The van der Waals surface area contributed by atoms with Gasteiger partial charge in [0.15, 0.2) is 17.3 Å². The zero-order valence-electron chi connectivity index (χ0n) is 17.7. The van der Waals surface area contributed by atoms with E-state index < -0.39 is 17.6 Å². The number of nitrogens with one attached hydrogen (secondary N) is 1. The first-order valence-electron chi connectivity index (χ1n) is 10.3. The van der Waals surface area contributed by atoms with Gasteiger partial charge in [0, 0.05) is 17.7 Å². The Hall–Kier alpha value is -3.95. The van der Waals surface area contributed by atoms with Gasteiger partial charge in [0.05, 0.1) is 18.4 Å². The van der Waals surface area contributed by atoms with Gasteiger partial charge in [-0.1, -0.05) is 31.2 Å². The lowest BCUT2D eigenvalue weighted by molar-refractivity contribution is -0.137. The summed E-state index contributed by atoms with van der Waals surface area (Å²) < 4.78 is 40.3. The number of hydrogen-bond donors (Lipinski definition) is 2. The molecule has 2 aromatic carbocycles. The average Bonchev–Trinajstić information content (AvgIpc) is 3.20. The van der Waals surface area contributed by atoms with E-state index in [2.05, 4.69) is 20.3 Å². The van der Waals surface area contributed by atoms with Gasteiger partial charge >= 0.3 is 6.18 Å². The molecule has 4 rings (SSSR count). The number of halogens is 3. The van der Waals surface area contributed by atoms with Crippen molar-refractivity contribution < 1.29 is 18.0 Å². The van der Waals surface area contributed by atoms with E-state index in [0.29, 0.717) is 52.6 Å². The fourth-order valence-electron chi connectivity index (χ4n) is 3.34. The number of carbonyl (C=O) groups excluding carboxylic acids is 1. The Morgan fingerprint density at radius 3 is 2.36 bits per heavy atom. The zero-order valence-corrected chi connectivity index (χ0v) is 17.7. The second-order valence-corrected chi connectivity index (χ2v) is 7.50. The minimum absolute atomic E-state index is 0.291. The van der Waals surface area contributed by atoms with Gasteiger partial charge in [0.25, 0.3) is 0 Å². The van der Waals surface area contributed by atoms with Crippen molar-refractivity contribution in [2.24, 2.45) is 5.73 Å². The number of carbonyl (C=O) groups is 1. The molecular formula is C23H21F3N6O. The Labute approximate surface area is 187 Å². The van der Waals surface area contributed by atoms with Crippen LogP contribution in [0.25, 0.3) is 22.6 Å². The molecule has 10 heteroatoms. The lowest BCUT2D eigenvalue weighted by Crippen LogP contribution is -2.10. The summed E-state index contributed by atoms with van der Waals surface area (Å²) in [5.41, 5.74) is 7.45. The molecule has 0 saturated carbocycles. The molecule has 0 aliphatic heterocycles. The highest BCUT2D eigenvalue weighted by Gasteiger charge is 2.30. The standard InChI is InChI=1S/C23H21F3N6O/c1-2-11-28-21-18-22(31-20(30-21)16-7-5-15(6-8-16)19(27)33)32(13-29-18)12-14-3-9-17(10-4-14)23(24,25)26/h3-10,13H,2,11-12H2,1H3,(H2,27,33)(H,28,30,31). The van der Waals surface area contributed by atoms with Crippen LogP contribution in [0.5, 0.6) is 0 Å². The van der Waals surface area contributed by atoms with Gasteiger partial charge in [-0.15, -0.1) is 0 Å². The third-order valence-electron chi connectivity index (χ3n) is 5.07. The molecule has 0 radical (unpaired) electrons. The number of anilines is 1. The van der Waals surface area contributed by atoms with E-state index in [4.69, 9.17) is 5.73 Å². The molecule has 2 aromatic heterocycles. The number of fused-ring (bicyclic) bond motifs is 1. The van der Waals surface area contributed by atoms with Crippen LogP contribution in [0.2, 0.25) is 0 Å². The molecule has 0 fully saturated rings. The van der Waals surface area contributed by atoms with Gasteiger partial charge in [0.1, 0.15) is 5.52 Å². The summed E-state index contributed by atoms with van der Waals surface area (Å²) in [4.78, 5) is 25.1. The number of imidazole rings is 1. The molecule has 3 N–H and O–H groups in total. The number of benzene rings is 2. The van der Waals surface area contributed by atoms with E-state index in [1.807, 2.05) is 6.92 Å². The first-order valence-corrected chi connectivity index (χ1v) is 10.3. The van der Waals surface area contributed by atoms with Gasteiger partial charge in [-0.2, -0.15) is 13.2 Å². The summed E-state index contributed by atoms with van der Waals surface area (Å²) in [7, 11) is 0. The van der Waals surface area contributed by atoms with Crippen molar-refractivity contribution in [3.8, 4) is 11.4 Å². The Bertz CT molecular complexity index is 1280. The number of aromatic nitrogens is 4. The normalized spacial score (nSPS) is 11.6. The SMILES string of the molecule is CCCNc1nc(-c2ccc(C(N)=O)cc2)nc2c1ncn2Cc1ccc(C(F)(F)F)cc1. The molecule has 1 amide bonds. The molecule has 0 unspecified atom stereocenters. The van der Waals surface area contributed by atoms with Gasteiger partial charge < -0.3 is 15.6 Å². The van der Waals surface area contributed by atoms with Crippen molar-refractivity contribution in [2.45, 2.75) is 26.1 Å². The summed E-state index contributed by atoms with van der Waals surface area (Å²) in [6.45, 7) is 2.99. The lowest BCUT2D eigenvalue weighted by atomic mass is 10.1. The first-order chi connectivity index (χ1) is 15.8. The summed E-state index contributed by atoms with van der Waals surface area (Å²) in [5.74, 6) is 0.450. The number of amides is 1. The molecule has 0 aliphatic rings. The van der Waals surface area contributed by atoms with Crippen molar-refractivity contribution in [1.82, 2.24) is 19.5 Å². The molecule has 0 atom stereocenters. The predicted molar refractivity (Wildman–Crippen MR) is 119 cm³/mol.